The number of phenolic OH excluding ortho intramolecular Hbond substituents is 1. The third-order valence-corrected chi connectivity index (χ3v) is 4.86. The summed E-state index contributed by atoms with van der Waals surface area (Å²) in [6.07, 6.45) is 1.58. The first-order valence-electron chi connectivity index (χ1n) is 8.74. The molecule has 5 rings (SSSR count). The third kappa shape index (κ3) is 2.31. The minimum atomic E-state index is -0.745. The molecule has 1 N–H and O–H groups in total. The van der Waals surface area contributed by atoms with Crippen molar-refractivity contribution in [1.29, 1.82) is 0 Å². The van der Waals surface area contributed by atoms with Gasteiger partial charge in [-0.15, -0.1) is 0 Å². The highest BCUT2D eigenvalue weighted by atomic mass is 16.3. The molecule has 0 aliphatic carbocycles. The first-order valence-corrected chi connectivity index (χ1v) is 8.74. The van der Waals surface area contributed by atoms with E-state index in [1.54, 1.807) is 60.8 Å². The summed E-state index contributed by atoms with van der Waals surface area (Å²) in [4.78, 5) is 32.3. The number of pyridine rings is 1. The number of aromatic hydroxyl groups is 1. The Morgan fingerprint density at radius 3 is 2.57 bits per heavy atom. The molecule has 2 aromatic carbocycles. The lowest BCUT2D eigenvalue weighted by atomic mass is 9.98. The van der Waals surface area contributed by atoms with Crippen LogP contribution in [0, 0.1) is 0 Å². The molecule has 0 saturated heterocycles. The lowest BCUT2D eigenvalue weighted by Crippen LogP contribution is -2.30. The van der Waals surface area contributed by atoms with E-state index in [1.165, 1.54) is 17.0 Å². The molecule has 0 bridgehead atoms. The average molecular weight is 370 g/mol. The number of nitrogens with zero attached hydrogens (tertiary/aromatic N) is 2. The number of para-hydroxylation sites is 1. The Labute approximate surface area is 159 Å². The SMILES string of the molecule is O=C1c2oc3ccccc3c(=O)c2[C@H](c2cccc(O)c2)N1c1ccccn1. The summed E-state index contributed by atoms with van der Waals surface area (Å²) in [6.45, 7) is 0. The summed E-state index contributed by atoms with van der Waals surface area (Å²) in [5.74, 6) is 0.00726. The van der Waals surface area contributed by atoms with E-state index in [0.29, 0.717) is 22.4 Å². The minimum Gasteiger partial charge on any atom is -0.508 e. The van der Waals surface area contributed by atoms with Gasteiger partial charge in [0.2, 0.25) is 5.76 Å². The first kappa shape index (κ1) is 16.3. The van der Waals surface area contributed by atoms with E-state index < -0.39 is 11.9 Å². The summed E-state index contributed by atoms with van der Waals surface area (Å²) in [6, 6.07) is 17.8. The highest BCUT2D eigenvalue weighted by Gasteiger charge is 2.44. The Bertz CT molecular complexity index is 1280. The van der Waals surface area contributed by atoms with Crippen molar-refractivity contribution in [1.82, 2.24) is 4.98 Å². The second-order valence-electron chi connectivity index (χ2n) is 6.53. The van der Waals surface area contributed by atoms with Gasteiger partial charge in [0, 0.05) is 6.20 Å². The zero-order valence-electron chi connectivity index (χ0n) is 14.6. The fourth-order valence-electron chi connectivity index (χ4n) is 3.66. The molecule has 0 fully saturated rings. The van der Waals surface area contributed by atoms with Crippen LogP contribution in [0.1, 0.15) is 27.7 Å². The van der Waals surface area contributed by atoms with Crippen LogP contribution in [0.5, 0.6) is 5.75 Å². The molecule has 0 radical (unpaired) electrons. The number of hydrogen-bond acceptors (Lipinski definition) is 5. The van der Waals surface area contributed by atoms with Gasteiger partial charge in [0.1, 0.15) is 17.2 Å². The smallest absolute Gasteiger partial charge is 0.296 e. The molecule has 28 heavy (non-hydrogen) atoms. The summed E-state index contributed by atoms with van der Waals surface area (Å²) in [5.41, 5.74) is 0.939. The molecule has 1 aliphatic rings. The monoisotopic (exact) mass is 370 g/mol. The largest absolute Gasteiger partial charge is 0.508 e. The second-order valence-corrected chi connectivity index (χ2v) is 6.53. The van der Waals surface area contributed by atoms with E-state index in [9.17, 15) is 14.7 Å². The van der Waals surface area contributed by atoms with Crippen molar-refractivity contribution in [2.24, 2.45) is 0 Å². The van der Waals surface area contributed by atoms with Crippen molar-refractivity contribution in [2.45, 2.75) is 6.04 Å². The normalized spacial score (nSPS) is 15.8. The van der Waals surface area contributed by atoms with Crippen molar-refractivity contribution < 1.29 is 14.3 Å². The van der Waals surface area contributed by atoms with Crippen LogP contribution in [-0.4, -0.2) is 16.0 Å². The molecule has 1 aliphatic heterocycles. The van der Waals surface area contributed by atoms with Crippen molar-refractivity contribution in [3.05, 3.63) is 100 Å². The summed E-state index contributed by atoms with van der Waals surface area (Å²) in [7, 11) is 0. The summed E-state index contributed by atoms with van der Waals surface area (Å²) < 4.78 is 5.85. The predicted molar refractivity (Wildman–Crippen MR) is 103 cm³/mol. The maximum absolute atomic E-state index is 13.3. The van der Waals surface area contributed by atoms with Gasteiger partial charge in [-0.3, -0.25) is 14.5 Å². The van der Waals surface area contributed by atoms with Gasteiger partial charge < -0.3 is 9.52 Å². The number of benzene rings is 2. The van der Waals surface area contributed by atoms with E-state index in [1.807, 2.05) is 0 Å². The van der Waals surface area contributed by atoms with Crippen LogP contribution in [0.2, 0.25) is 0 Å². The van der Waals surface area contributed by atoms with Gasteiger partial charge in [-0.25, -0.2) is 4.98 Å². The van der Waals surface area contributed by atoms with Gasteiger partial charge in [-0.1, -0.05) is 30.3 Å². The van der Waals surface area contributed by atoms with Gasteiger partial charge in [0.15, 0.2) is 5.43 Å². The van der Waals surface area contributed by atoms with E-state index in [2.05, 4.69) is 4.98 Å². The Kier molecular flexibility index (Phi) is 3.52. The molecule has 3 heterocycles. The van der Waals surface area contributed by atoms with Gasteiger partial charge in [0.05, 0.1) is 17.0 Å². The van der Waals surface area contributed by atoms with Crippen LogP contribution in [0.3, 0.4) is 0 Å². The number of aromatic nitrogens is 1. The number of amides is 1. The molecule has 0 spiro atoms. The Morgan fingerprint density at radius 1 is 0.964 bits per heavy atom. The minimum absolute atomic E-state index is 0.00250. The van der Waals surface area contributed by atoms with Crippen molar-refractivity contribution in [3.8, 4) is 5.75 Å². The number of fused-ring (bicyclic) bond motifs is 2. The Hall–Kier alpha value is -3.93. The number of phenols is 1. The second kappa shape index (κ2) is 6.06. The van der Waals surface area contributed by atoms with E-state index in [-0.39, 0.29) is 22.5 Å². The maximum Gasteiger partial charge on any atom is 0.296 e. The molecular weight excluding hydrogens is 356 g/mol. The number of carbonyl (C=O) groups excluding carboxylic acids is 1. The molecule has 136 valence electrons. The van der Waals surface area contributed by atoms with E-state index in [0.717, 1.165) is 0 Å². The highest BCUT2D eigenvalue weighted by Crippen LogP contribution is 2.40. The molecule has 6 heteroatoms. The van der Waals surface area contributed by atoms with Gasteiger partial charge in [-0.2, -0.15) is 0 Å². The van der Waals surface area contributed by atoms with Crippen LogP contribution in [0.15, 0.2) is 82.1 Å². The fraction of sp³-hybridized carbons (Fsp3) is 0.0455. The van der Waals surface area contributed by atoms with Crippen molar-refractivity contribution in [3.63, 3.8) is 0 Å². The summed E-state index contributed by atoms with van der Waals surface area (Å²) in [5, 5.41) is 10.4. The highest BCUT2D eigenvalue weighted by molar-refractivity contribution is 6.10. The molecular formula is C22H14N2O4. The first-order chi connectivity index (χ1) is 13.6. The van der Waals surface area contributed by atoms with Crippen molar-refractivity contribution >= 4 is 22.7 Å². The molecule has 4 aromatic rings. The fourth-order valence-corrected chi connectivity index (χ4v) is 3.66. The van der Waals surface area contributed by atoms with Crippen LogP contribution >= 0.6 is 0 Å². The van der Waals surface area contributed by atoms with Gasteiger partial charge >= 0.3 is 0 Å². The van der Waals surface area contributed by atoms with E-state index >= 15 is 0 Å². The van der Waals surface area contributed by atoms with E-state index in [4.69, 9.17) is 4.42 Å². The Balaban J connectivity index is 1.84. The van der Waals surface area contributed by atoms with Crippen LogP contribution in [-0.2, 0) is 0 Å². The maximum atomic E-state index is 13.3. The summed E-state index contributed by atoms with van der Waals surface area (Å²) >= 11 is 0. The zero-order valence-corrected chi connectivity index (χ0v) is 14.6. The lowest BCUT2D eigenvalue weighted by molar-refractivity contribution is 0.0970. The molecule has 1 atom stereocenters. The number of anilines is 1. The topological polar surface area (TPSA) is 83.6 Å². The van der Waals surface area contributed by atoms with Crippen LogP contribution in [0.25, 0.3) is 11.0 Å². The molecule has 6 nitrogen and oxygen atoms in total. The quantitative estimate of drug-likeness (QED) is 0.582. The van der Waals surface area contributed by atoms with Gasteiger partial charge in [-0.05, 0) is 42.0 Å². The molecule has 0 unspecified atom stereocenters. The van der Waals surface area contributed by atoms with Crippen LogP contribution in [0.4, 0.5) is 5.82 Å². The molecule has 1 amide bonds. The number of hydrogen-bond donors (Lipinski definition) is 1. The molecule has 2 aromatic heterocycles. The van der Waals surface area contributed by atoms with Crippen molar-refractivity contribution in [2.75, 3.05) is 4.90 Å². The predicted octanol–water partition coefficient (Wildman–Crippen LogP) is 3.64. The average Bonchev–Trinajstić information content (AvgIpc) is 3.02. The lowest BCUT2D eigenvalue weighted by Gasteiger charge is -2.24. The Morgan fingerprint density at radius 2 is 1.79 bits per heavy atom. The third-order valence-electron chi connectivity index (χ3n) is 4.86. The standard InChI is InChI=1S/C22H14N2O4/c25-14-7-5-6-13(12-14)19-18-20(26)15-8-1-2-9-16(15)28-21(18)22(27)24(19)17-10-3-4-11-23-17/h1-12,19,25H/t19-/m0/s1. The number of rotatable bonds is 2. The van der Waals surface area contributed by atoms with Gasteiger partial charge in [0.25, 0.3) is 5.91 Å². The number of carbonyl (C=O) groups is 1. The zero-order chi connectivity index (χ0) is 19.3. The van der Waals surface area contributed by atoms with Crippen LogP contribution < -0.4 is 10.3 Å². The molecule has 0 saturated carbocycles.